The molecule has 6 rings (SSSR count). The van der Waals surface area contributed by atoms with Gasteiger partial charge in [0.2, 0.25) is 0 Å². The molecule has 7 heteroatoms. The van der Waals surface area contributed by atoms with Crippen LogP contribution < -0.4 is 10.1 Å². The maximum Gasteiger partial charge on any atom is 0.306 e. The molecule has 0 fully saturated rings. The van der Waals surface area contributed by atoms with Crippen LogP contribution in [0, 0.1) is 6.92 Å². The Morgan fingerprint density at radius 3 is 2.90 bits per heavy atom. The third kappa shape index (κ3) is 2.22. The van der Waals surface area contributed by atoms with Crippen molar-refractivity contribution in [1.82, 2.24) is 5.01 Å². The van der Waals surface area contributed by atoms with E-state index in [1.807, 2.05) is 61.5 Å². The number of hydrazone groups is 1. The maximum absolute atomic E-state index is 13.3. The second-order valence-electron chi connectivity index (χ2n) is 7.45. The molecule has 2 atom stereocenters. The van der Waals surface area contributed by atoms with Crippen molar-refractivity contribution in [3.8, 4) is 5.75 Å². The molecule has 1 aromatic heterocycles. The van der Waals surface area contributed by atoms with E-state index in [0.717, 1.165) is 38.5 Å². The SMILES string of the molecule is Cc1ccc(C2=NN3[C@@H](C2)c2ccccc2O[C@]32C(=O)Nc3ccc(Br)cc32)o1. The van der Waals surface area contributed by atoms with Gasteiger partial charge in [-0.3, -0.25) is 4.79 Å². The minimum Gasteiger partial charge on any atom is -0.460 e. The number of carbonyl (C=O) groups excluding carboxylic acids is 1. The molecule has 2 aromatic carbocycles. The lowest BCUT2D eigenvalue weighted by molar-refractivity contribution is -0.161. The number of nitrogens with one attached hydrogen (secondary N) is 1. The largest absolute Gasteiger partial charge is 0.460 e. The van der Waals surface area contributed by atoms with Gasteiger partial charge in [-0.1, -0.05) is 34.1 Å². The number of hydrogen-bond acceptors (Lipinski definition) is 5. The molecule has 0 radical (unpaired) electrons. The molecule has 1 amide bonds. The highest BCUT2D eigenvalue weighted by atomic mass is 79.9. The molecule has 4 heterocycles. The van der Waals surface area contributed by atoms with Crippen LogP contribution in [0.2, 0.25) is 0 Å². The highest BCUT2D eigenvalue weighted by Crippen LogP contribution is 2.54. The Balaban J connectivity index is 1.59. The topological polar surface area (TPSA) is 67.1 Å². The number of amides is 1. The molecule has 144 valence electrons. The van der Waals surface area contributed by atoms with Crippen LogP contribution in [0.4, 0.5) is 5.69 Å². The van der Waals surface area contributed by atoms with Crippen molar-refractivity contribution in [2.45, 2.75) is 25.1 Å². The van der Waals surface area contributed by atoms with Crippen LogP contribution in [0.15, 0.2) is 68.6 Å². The second kappa shape index (κ2) is 5.73. The van der Waals surface area contributed by atoms with E-state index in [0.29, 0.717) is 12.2 Å². The van der Waals surface area contributed by atoms with Crippen LogP contribution in [-0.2, 0) is 10.5 Å². The summed E-state index contributed by atoms with van der Waals surface area (Å²) in [4.78, 5) is 13.3. The first kappa shape index (κ1) is 16.9. The van der Waals surface area contributed by atoms with E-state index >= 15 is 0 Å². The summed E-state index contributed by atoms with van der Waals surface area (Å²) in [6.45, 7) is 1.91. The summed E-state index contributed by atoms with van der Waals surface area (Å²) in [5.41, 5.74) is 1.93. The highest BCUT2D eigenvalue weighted by Gasteiger charge is 2.61. The standard InChI is InChI=1S/C22H16BrN3O3/c1-12-6-9-20(28-12)17-11-18-14-4-2-3-5-19(14)29-22(26(18)25-17)15-10-13(23)7-8-16(15)24-21(22)27/h2-10,18H,11H2,1H3,(H,24,27)/t18-,22+/m0/s1. The predicted molar refractivity (Wildman–Crippen MR) is 111 cm³/mol. The molecule has 1 spiro atoms. The number of ether oxygens (including phenoxy) is 1. The van der Waals surface area contributed by atoms with Gasteiger partial charge in [-0.15, -0.1) is 0 Å². The van der Waals surface area contributed by atoms with Gasteiger partial charge >= 0.3 is 5.72 Å². The smallest absolute Gasteiger partial charge is 0.306 e. The van der Waals surface area contributed by atoms with Gasteiger partial charge in [-0.05, 0) is 43.3 Å². The van der Waals surface area contributed by atoms with Gasteiger partial charge in [-0.25, -0.2) is 5.01 Å². The second-order valence-corrected chi connectivity index (χ2v) is 8.37. The first-order valence-electron chi connectivity index (χ1n) is 9.39. The van der Waals surface area contributed by atoms with Crippen LogP contribution in [0.1, 0.15) is 35.1 Å². The van der Waals surface area contributed by atoms with E-state index in [9.17, 15) is 4.79 Å². The fourth-order valence-corrected chi connectivity index (χ4v) is 4.76. The van der Waals surface area contributed by atoms with Gasteiger partial charge in [0.05, 0.1) is 17.3 Å². The number of anilines is 1. The normalized spacial score (nSPS) is 23.9. The van der Waals surface area contributed by atoms with Crippen molar-refractivity contribution in [1.29, 1.82) is 0 Å². The number of furan rings is 1. The fraction of sp³-hybridized carbons (Fsp3) is 0.182. The summed E-state index contributed by atoms with van der Waals surface area (Å²) >= 11 is 3.53. The molecule has 29 heavy (non-hydrogen) atoms. The molecule has 3 aliphatic rings. The number of aryl methyl sites for hydroxylation is 1. The van der Waals surface area contributed by atoms with Gasteiger partial charge < -0.3 is 14.5 Å². The van der Waals surface area contributed by atoms with Crippen molar-refractivity contribution in [3.05, 3.63) is 81.7 Å². The average Bonchev–Trinajstić information content (AvgIpc) is 3.40. The van der Waals surface area contributed by atoms with Crippen molar-refractivity contribution >= 4 is 33.2 Å². The third-order valence-corrected chi connectivity index (χ3v) is 6.19. The number of halogens is 1. The number of benzene rings is 2. The van der Waals surface area contributed by atoms with Crippen molar-refractivity contribution in [3.63, 3.8) is 0 Å². The van der Waals surface area contributed by atoms with Crippen LogP contribution >= 0.6 is 15.9 Å². The zero-order valence-corrected chi connectivity index (χ0v) is 17.1. The van der Waals surface area contributed by atoms with E-state index < -0.39 is 5.72 Å². The number of rotatable bonds is 1. The minimum atomic E-state index is -1.36. The molecule has 0 bridgehead atoms. The summed E-state index contributed by atoms with van der Waals surface area (Å²) < 4.78 is 13.1. The lowest BCUT2D eigenvalue weighted by Gasteiger charge is -2.43. The quantitative estimate of drug-likeness (QED) is 0.584. The van der Waals surface area contributed by atoms with Crippen LogP contribution in [0.3, 0.4) is 0 Å². The molecule has 0 aliphatic carbocycles. The molecule has 6 nitrogen and oxygen atoms in total. The first-order valence-corrected chi connectivity index (χ1v) is 10.2. The minimum absolute atomic E-state index is 0.129. The molecular formula is C22H16BrN3O3. The van der Waals surface area contributed by atoms with Gasteiger partial charge in [0.25, 0.3) is 5.91 Å². The van der Waals surface area contributed by atoms with E-state index in [2.05, 4.69) is 21.2 Å². The Hall–Kier alpha value is -3.06. The van der Waals surface area contributed by atoms with Crippen molar-refractivity contribution in [2.24, 2.45) is 5.10 Å². The Labute approximate surface area is 175 Å². The third-order valence-electron chi connectivity index (χ3n) is 5.70. The van der Waals surface area contributed by atoms with E-state index in [4.69, 9.17) is 14.3 Å². The lowest BCUT2D eigenvalue weighted by atomic mass is 9.93. The zero-order chi connectivity index (χ0) is 19.8. The molecule has 1 N–H and O–H groups in total. The van der Waals surface area contributed by atoms with E-state index in [1.165, 1.54) is 0 Å². The Morgan fingerprint density at radius 1 is 1.21 bits per heavy atom. The van der Waals surface area contributed by atoms with E-state index in [-0.39, 0.29) is 11.9 Å². The fourth-order valence-electron chi connectivity index (χ4n) is 4.40. The Bertz CT molecular complexity index is 1220. The number of carbonyl (C=O) groups is 1. The highest BCUT2D eigenvalue weighted by molar-refractivity contribution is 9.10. The van der Waals surface area contributed by atoms with Gasteiger partial charge in [-0.2, -0.15) is 5.10 Å². The Kier molecular flexibility index (Phi) is 3.33. The molecule has 0 saturated carbocycles. The number of hydrogen-bond donors (Lipinski definition) is 1. The van der Waals surface area contributed by atoms with Crippen LogP contribution in [0.5, 0.6) is 5.75 Å². The van der Waals surface area contributed by atoms with Crippen molar-refractivity contribution in [2.75, 3.05) is 5.32 Å². The summed E-state index contributed by atoms with van der Waals surface area (Å²) in [5, 5.41) is 9.63. The predicted octanol–water partition coefficient (Wildman–Crippen LogP) is 4.70. The van der Waals surface area contributed by atoms with Crippen LogP contribution in [0.25, 0.3) is 0 Å². The first-order chi connectivity index (χ1) is 14.1. The average molecular weight is 450 g/mol. The van der Waals surface area contributed by atoms with Crippen molar-refractivity contribution < 1.29 is 13.9 Å². The zero-order valence-electron chi connectivity index (χ0n) is 15.5. The molecule has 3 aromatic rings. The molecular weight excluding hydrogens is 434 g/mol. The van der Waals surface area contributed by atoms with Crippen LogP contribution in [-0.4, -0.2) is 16.6 Å². The van der Waals surface area contributed by atoms with Gasteiger partial charge in [0, 0.05) is 16.5 Å². The van der Waals surface area contributed by atoms with Gasteiger partial charge in [0.15, 0.2) is 0 Å². The summed E-state index contributed by atoms with van der Waals surface area (Å²) in [6, 6.07) is 17.2. The molecule has 0 saturated heterocycles. The summed E-state index contributed by atoms with van der Waals surface area (Å²) in [5.74, 6) is 2.00. The van der Waals surface area contributed by atoms with E-state index in [1.54, 1.807) is 5.01 Å². The Morgan fingerprint density at radius 2 is 2.07 bits per heavy atom. The number of para-hydroxylation sites is 1. The number of fused-ring (bicyclic) bond motifs is 6. The summed E-state index contributed by atoms with van der Waals surface area (Å²) in [7, 11) is 0. The summed E-state index contributed by atoms with van der Waals surface area (Å²) in [6.07, 6.45) is 0.631. The lowest BCUT2D eigenvalue weighted by Crippen LogP contribution is -2.55. The molecule has 0 unspecified atom stereocenters. The maximum atomic E-state index is 13.3. The number of nitrogens with zero attached hydrogens (tertiary/aromatic N) is 2. The van der Waals surface area contributed by atoms with Gasteiger partial charge in [0.1, 0.15) is 23.0 Å². The monoisotopic (exact) mass is 449 g/mol. The molecule has 3 aliphatic heterocycles.